The van der Waals surface area contributed by atoms with Crippen LogP contribution in [0.3, 0.4) is 0 Å². The van der Waals surface area contributed by atoms with Crippen LogP contribution >= 0.6 is 11.8 Å². The van der Waals surface area contributed by atoms with Gasteiger partial charge in [-0.1, -0.05) is 0 Å². The molecule has 0 radical (unpaired) electrons. The van der Waals surface area contributed by atoms with Crippen molar-refractivity contribution in [1.82, 2.24) is 4.98 Å². The molecule has 1 aliphatic carbocycles. The Morgan fingerprint density at radius 1 is 1.26 bits per heavy atom. The van der Waals surface area contributed by atoms with Gasteiger partial charge in [0.05, 0.1) is 4.90 Å². The molecule has 3 rings (SSSR count). The molecule has 1 saturated carbocycles. The first-order valence-electron chi connectivity index (χ1n) is 9.00. The minimum absolute atomic E-state index is 0.0422. The third kappa shape index (κ3) is 5.19. The summed E-state index contributed by atoms with van der Waals surface area (Å²) in [6, 6.07) is 6.05. The zero-order valence-electron chi connectivity index (χ0n) is 14.8. The van der Waals surface area contributed by atoms with Crippen LogP contribution in [-0.4, -0.2) is 27.9 Å². The summed E-state index contributed by atoms with van der Waals surface area (Å²) in [6.07, 6.45) is 5.91. The van der Waals surface area contributed by atoms with Gasteiger partial charge in [-0.25, -0.2) is 13.8 Å². The number of benzene rings is 1. The Morgan fingerprint density at radius 3 is 2.63 bits per heavy atom. The van der Waals surface area contributed by atoms with E-state index in [-0.39, 0.29) is 17.4 Å². The minimum Gasteiger partial charge on any atom is -0.481 e. The monoisotopic (exact) mass is 393 g/mol. The Kier molecular flexibility index (Phi) is 6.66. The molecule has 1 heterocycles. The Bertz CT molecular complexity index is 789. The van der Waals surface area contributed by atoms with Gasteiger partial charge in [0.25, 0.3) is 0 Å². The molecule has 7 heteroatoms. The largest absolute Gasteiger partial charge is 0.481 e. The van der Waals surface area contributed by atoms with Gasteiger partial charge < -0.3 is 9.84 Å². The minimum atomic E-state index is -0.863. The standard InChI is InChI=1S/C20H21F2NO3S/c21-16-11-13(12-17(22)19(16)27-10-2-1-8-18(24)25)15-7-4-9-23-20(15)26-14-5-3-6-14/h4,7,9,11-12,14H,1-3,5-6,8,10H2,(H,24,25). The van der Waals surface area contributed by atoms with Crippen molar-refractivity contribution in [2.24, 2.45) is 0 Å². The molecule has 1 fully saturated rings. The molecular formula is C20H21F2NO3S. The molecule has 27 heavy (non-hydrogen) atoms. The highest BCUT2D eigenvalue weighted by atomic mass is 32.2. The first kappa shape index (κ1) is 19.6. The van der Waals surface area contributed by atoms with E-state index in [1.54, 1.807) is 18.3 Å². The zero-order valence-corrected chi connectivity index (χ0v) is 15.6. The van der Waals surface area contributed by atoms with Gasteiger partial charge in [-0.2, -0.15) is 0 Å². The maximum absolute atomic E-state index is 14.5. The van der Waals surface area contributed by atoms with E-state index in [0.717, 1.165) is 31.0 Å². The van der Waals surface area contributed by atoms with Crippen molar-refractivity contribution >= 4 is 17.7 Å². The smallest absolute Gasteiger partial charge is 0.303 e. The summed E-state index contributed by atoms with van der Waals surface area (Å²) in [5.41, 5.74) is 0.961. The van der Waals surface area contributed by atoms with Crippen LogP contribution in [0.1, 0.15) is 38.5 Å². The molecule has 144 valence electrons. The van der Waals surface area contributed by atoms with Gasteiger partial charge >= 0.3 is 5.97 Å². The summed E-state index contributed by atoms with van der Waals surface area (Å²) in [6.45, 7) is 0. The van der Waals surface area contributed by atoms with E-state index in [4.69, 9.17) is 9.84 Å². The highest BCUT2D eigenvalue weighted by Crippen LogP contribution is 2.35. The fourth-order valence-corrected chi connectivity index (χ4v) is 3.70. The molecule has 1 aromatic carbocycles. The quantitative estimate of drug-likeness (QED) is 0.462. The number of rotatable bonds is 9. The van der Waals surface area contributed by atoms with Gasteiger partial charge in [0.2, 0.25) is 5.88 Å². The van der Waals surface area contributed by atoms with E-state index in [1.165, 1.54) is 12.1 Å². The predicted molar refractivity (Wildman–Crippen MR) is 100 cm³/mol. The predicted octanol–water partition coefficient (Wildman–Crippen LogP) is 5.31. The van der Waals surface area contributed by atoms with Crippen LogP contribution in [0.15, 0.2) is 35.4 Å². The van der Waals surface area contributed by atoms with Crippen molar-refractivity contribution in [2.75, 3.05) is 5.75 Å². The molecule has 4 nitrogen and oxygen atoms in total. The van der Waals surface area contributed by atoms with Crippen LogP contribution in [0, 0.1) is 11.6 Å². The van der Waals surface area contributed by atoms with Gasteiger partial charge in [-0.15, -0.1) is 11.8 Å². The lowest BCUT2D eigenvalue weighted by Gasteiger charge is -2.26. The lowest BCUT2D eigenvalue weighted by molar-refractivity contribution is -0.137. The molecule has 0 amide bonds. The molecule has 1 aromatic heterocycles. The second-order valence-electron chi connectivity index (χ2n) is 6.50. The van der Waals surface area contributed by atoms with Crippen molar-refractivity contribution in [1.29, 1.82) is 0 Å². The lowest BCUT2D eigenvalue weighted by Crippen LogP contribution is -2.25. The third-order valence-corrected chi connectivity index (χ3v) is 5.61. The number of carbonyl (C=O) groups is 1. The summed E-state index contributed by atoms with van der Waals surface area (Å²) in [5.74, 6) is -1.27. The van der Waals surface area contributed by atoms with Gasteiger partial charge in [0, 0.05) is 18.2 Å². The first-order chi connectivity index (χ1) is 13.0. The van der Waals surface area contributed by atoms with E-state index in [2.05, 4.69) is 4.98 Å². The fourth-order valence-electron chi connectivity index (χ4n) is 2.76. The third-order valence-electron chi connectivity index (χ3n) is 4.44. The number of thioether (sulfide) groups is 1. The average molecular weight is 393 g/mol. The Balaban J connectivity index is 1.72. The number of halogens is 2. The molecule has 0 saturated heterocycles. The van der Waals surface area contributed by atoms with Crippen LogP contribution in [-0.2, 0) is 4.79 Å². The summed E-state index contributed by atoms with van der Waals surface area (Å²) in [5, 5.41) is 8.61. The molecular weight excluding hydrogens is 372 g/mol. The summed E-state index contributed by atoms with van der Waals surface area (Å²) in [7, 11) is 0. The van der Waals surface area contributed by atoms with Crippen LogP contribution in [0.4, 0.5) is 8.78 Å². The molecule has 0 bridgehead atoms. The summed E-state index contributed by atoms with van der Waals surface area (Å²) in [4.78, 5) is 14.7. The Hall–Kier alpha value is -2.15. The summed E-state index contributed by atoms with van der Waals surface area (Å²) < 4.78 is 34.8. The van der Waals surface area contributed by atoms with E-state index in [9.17, 15) is 13.6 Å². The number of hydrogen-bond acceptors (Lipinski definition) is 4. The number of ether oxygens (including phenoxy) is 1. The van der Waals surface area contributed by atoms with Crippen LogP contribution in [0.25, 0.3) is 11.1 Å². The maximum atomic E-state index is 14.5. The SMILES string of the molecule is O=C(O)CCCCSc1c(F)cc(-c2cccnc2OC2CCC2)cc1F. The normalized spacial score (nSPS) is 14.0. The van der Waals surface area contributed by atoms with Gasteiger partial charge in [0.1, 0.15) is 17.7 Å². The number of carboxylic acids is 1. The second kappa shape index (κ2) is 9.17. The number of aliphatic carboxylic acids is 1. The van der Waals surface area contributed by atoms with E-state index in [1.807, 2.05) is 0 Å². The van der Waals surface area contributed by atoms with Crippen molar-refractivity contribution in [3.8, 4) is 17.0 Å². The van der Waals surface area contributed by atoms with Crippen LogP contribution < -0.4 is 4.74 Å². The van der Waals surface area contributed by atoms with E-state index in [0.29, 0.717) is 35.6 Å². The zero-order chi connectivity index (χ0) is 19.2. The Morgan fingerprint density at radius 2 is 2.00 bits per heavy atom. The van der Waals surface area contributed by atoms with Gasteiger partial charge in [0.15, 0.2) is 0 Å². The first-order valence-corrected chi connectivity index (χ1v) is 9.99. The van der Waals surface area contributed by atoms with E-state index >= 15 is 0 Å². The fraction of sp³-hybridized carbons (Fsp3) is 0.400. The number of pyridine rings is 1. The number of unbranched alkanes of at least 4 members (excludes halogenated alkanes) is 1. The molecule has 0 atom stereocenters. The maximum Gasteiger partial charge on any atom is 0.303 e. The Labute approximate surface area is 161 Å². The highest BCUT2D eigenvalue weighted by Gasteiger charge is 2.22. The average Bonchev–Trinajstić information content (AvgIpc) is 2.60. The van der Waals surface area contributed by atoms with E-state index < -0.39 is 17.6 Å². The molecule has 0 spiro atoms. The molecule has 1 aliphatic rings. The van der Waals surface area contributed by atoms with Crippen LogP contribution in [0.2, 0.25) is 0 Å². The lowest BCUT2D eigenvalue weighted by atomic mass is 9.96. The second-order valence-corrected chi connectivity index (χ2v) is 7.60. The molecule has 2 aromatic rings. The molecule has 0 unspecified atom stereocenters. The number of carboxylic acid groups (broad SMARTS) is 1. The number of hydrogen-bond donors (Lipinski definition) is 1. The number of nitrogens with zero attached hydrogens (tertiary/aromatic N) is 1. The van der Waals surface area contributed by atoms with Crippen LogP contribution in [0.5, 0.6) is 5.88 Å². The molecule has 0 aliphatic heterocycles. The summed E-state index contributed by atoms with van der Waals surface area (Å²) >= 11 is 1.07. The van der Waals surface area contributed by atoms with Gasteiger partial charge in [-0.05, 0) is 67.7 Å². The highest BCUT2D eigenvalue weighted by molar-refractivity contribution is 7.99. The number of aromatic nitrogens is 1. The van der Waals surface area contributed by atoms with Gasteiger partial charge in [-0.3, -0.25) is 4.79 Å². The topological polar surface area (TPSA) is 59.4 Å². The van der Waals surface area contributed by atoms with Crippen molar-refractivity contribution in [2.45, 2.75) is 49.5 Å². The van der Waals surface area contributed by atoms with Crippen molar-refractivity contribution in [3.63, 3.8) is 0 Å². The van der Waals surface area contributed by atoms with Crippen molar-refractivity contribution < 1.29 is 23.4 Å². The molecule has 1 N–H and O–H groups in total. The van der Waals surface area contributed by atoms with Crippen molar-refractivity contribution in [3.05, 3.63) is 42.1 Å².